The van der Waals surface area contributed by atoms with Gasteiger partial charge < -0.3 is 4.74 Å². The lowest BCUT2D eigenvalue weighted by molar-refractivity contribution is -0.215. The molecule has 1 heterocycles. The topological polar surface area (TPSA) is 12.5 Å². The van der Waals surface area contributed by atoms with Gasteiger partial charge in [-0.1, -0.05) is 0 Å². The molecule has 0 aromatic rings. The zero-order valence-corrected chi connectivity index (χ0v) is 7.06. The van der Waals surface area contributed by atoms with Gasteiger partial charge in [0.25, 0.3) is 0 Å². The van der Waals surface area contributed by atoms with E-state index in [1.54, 1.807) is 6.92 Å². The number of hydrogen-bond acceptors (Lipinski definition) is 2. The quantitative estimate of drug-likeness (QED) is 0.560. The van der Waals surface area contributed by atoms with E-state index in [1.807, 2.05) is 0 Å². The third-order valence-corrected chi connectivity index (χ3v) is 1.99. The highest BCUT2D eigenvalue weighted by Crippen LogP contribution is 2.26. The number of hydrogen-bond donors (Lipinski definition) is 0. The van der Waals surface area contributed by atoms with Gasteiger partial charge in [-0.05, 0) is 14.0 Å². The maximum Gasteiger partial charge on any atom is 0.406 e. The molecule has 1 aliphatic heterocycles. The van der Waals surface area contributed by atoms with Crippen LogP contribution in [0.1, 0.15) is 6.92 Å². The minimum Gasteiger partial charge on any atom is -0.375 e. The summed E-state index contributed by atoms with van der Waals surface area (Å²) >= 11 is 0. The van der Waals surface area contributed by atoms with Crippen molar-refractivity contribution in [2.75, 3.05) is 20.2 Å². The average Bonchev–Trinajstić information content (AvgIpc) is 1.83. The van der Waals surface area contributed by atoms with E-state index >= 15 is 0 Å². The fourth-order valence-electron chi connectivity index (χ4n) is 1.31. The molecule has 0 aromatic heterocycles. The van der Waals surface area contributed by atoms with Crippen molar-refractivity contribution >= 4 is 0 Å². The van der Waals surface area contributed by atoms with Crippen LogP contribution in [-0.2, 0) is 4.74 Å². The van der Waals surface area contributed by atoms with Crippen molar-refractivity contribution in [2.45, 2.75) is 25.2 Å². The van der Waals surface area contributed by atoms with Crippen LogP contribution >= 0.6 is 0 Å². The van der Waals surface area contributed by atoms with Crippen molar-refractivity contribution in [1.29, 1.82) is 0 Å². The molecule has 1 rings (SSSR count). The molecule has 0 radical (unpaired) electrons. The number of alkyl halides is 3. The Labute approximate surface area is 69.3 Å². The molecule has 0 aromatic carbocycles. The first-order valence-electron chi connectivity index (χ1n) is 3.80. The van der Waals surface area contributed by atoms with Gasteiger partial charge in [-0.15, -0.1) is 0 Å². The number of morpholine rings is 1. The lowest BCUT2D eigenvalue weighted by atomic mass is 10.2. The van der Waals surface area contributed by atoms with Crippen LogP contribution in [0.3, 0.4) is 0 Å². The van der Waals surface area contributed by atoms with Crippen molar-refractivity contribution in [3.63, 3.8) is 0 Å². The highest BCUT2D eigenvalue weighted by atomic mass is 19.4. The van der Waals surface area contributed by atoms with Crippen LogP contribution in [0, 0.1) is 0 Å². The summed E-state index contributed by atoms with van der Waals surface area (Å²) in [5.41, 5.74) is 0. The summed E-state index contributed by atoms with van der Waals surface area (Å²) in [7, 11) is 1.47. The predicted octanol–water partition coefficient (Wildman–Crippen LogP) is 1.27. The van der Waals surface area contributed by atoms with Crippen LogP contribution in [0.5, 0.6) is 0 Å². The van der Waals surface area contributed by atoms with Crippen LogP contribution in [0.25, 0.3) is 0 Å². The molecule has 2 nitrogen and oxygen atoms in total. The van der Waals surface area contributed by atoms with Gasteiger partial charge in [-0.3, -0.25) is 4.90 Å². The smallest absolute Gasteiger partial charge is 0.375 e. The Hall–Kier alpha value is -0.290. The summed E-state index contributed by atoms with van der Waals surface area (Å²) in [6, 6.07) is -1.44. The second-order valence-corrected chi connectivity index (χ2v) is 3.14. The fraction of sp³-hybridized carbons (Fsp3) is 1.00. The Kier molecular flexibility index (Phi) is 2.63. The number of ether oxygens (including phenoxy) is 1. The molecule has 1 fully saturated rings. The standard InChI is InChI=1S/C7H12F3NO/c1-5-3-11(2)6(4-12-5)7(8,9)10/h5-6H,3-4H2,1-2H3. The van der Waals surface area contributed by atoms with Crippen molar-refractivity contribution in [2.24, 2.45) is 0 Å². The molecule has 0 aliphatic carbocycles. The molecule has 2 atom stereocenters. The monoisotopic (exact) mass is 183 g/mol. The van der Waals surface area contributed by atoms with Crippen LogP contribution in [0.2, 0.25) is 0 Å². The number of nitrogens with zero attached hydrogens (tertiary/aromatic N) is 1. The Morgan fingerprint density at radius 2 is 2.00 bits per heavy atom. The van der Waals surface area contributed by atoms with Gasteiger partial charge in [0.1, 0.15) is 6.04 Å². The molecule has 0 amide bonds. The van der Waals surface area contributed by atoms with Gasteiger partial charge in [-0.2, -0.15) is 13.2 Å². The minimum atomic E-state index is -4.17. The lowest BCUT2D eigenvalue weighted by Gasteiger charge is -2.36. The third kappa shape index (κ3) is 2.10. The third-order valence-electron chi connectivity index (χ3n) is 1.99. The summed E-state index contributed by atoms with van der Waals surface area (Å²) in [4.78, 5) is 1.29. The van der Waals surface area contributed by atoms with Crippen molar-refractivity contribution < 1.29 is 17.9 Å². The second kappa shape index (κ2) is 3.22. The van der Waals surface area contributed by atoms with Crippen LogP contribution in [0.15, 0.2) is 0 Å². The van der Waals surface area contributed by atoms with Gasteiger partial charge in [0.2, 0.25) is 0 Å². The zero-order chi connectivity index (χ0) is 9.35. The normalized spacial score (nSPS) is 33.8. The predicted molar refractivity (Wildman–Crippen MR) is 37.9 cm³/mol. The molecule has 0 N–H and O–H groups in total. The minimum absolute atomic E-state index is 0.103. The maximum absolute atomic E-state index is 12.2. The Morgan fingerprint density at radius 3 is 2.42 bits per heavy atom. The Balaban J connectivity index is 2.57. The molecule has 2 unspecified atom stereocenters. The molecule has 0 spiro atoms. The summed E-state index contributed by atoms with van der Waals surface area (Å²) in [5, 5.41) is 0. The zero-order valence-electron chi connectivity index (χ0n) is 7.06. The molecule has 72 valence electrons. The first kappa shape index (κ1) is 9.80. The van der Waals surface area contributed by atoms with Gasteiger partial charge in [0, 0.05) is 6.54 Å². The average molecular weight is 183 g/mol. The highest BCUT2D eigenvalue weighted by Gasteiger charge is 2.44. The molecule has 1 saturated heterocycles. The van der Waals surface area contributed by atoms with Gasteiger partial charge >= 0.3 is 6.18 Å². The fourth-order valence-corrected chi connectivity index (χ4v) is 1.31. The van der Waals surface area contributed by atoms with E-state index in [0.717, 1.165) is 0 Å². The lowest BCUT2D eigenvalue weighted by Crippen LogP contribution is -2.53. The van der Waals surface area contributed by atoms with E-state index in [1.165, 1.54) is 11.9 Å². The molecule has 0 saturated carbocycles. The molecular formula is C7H12F3NO. The van der Waals surface area contributed by atoms with E-state index in [2.05, 4.69) is 0 Å². The molecule has 0 bridgehead atoms. The Morgan fingerprint density at radius 1 is 1.42 bits per heavy atom. The van der Waals surface area contributed by atoms with Gasteiger partial charge in [0.15, 0.2) is 0 Å². The molecule has 5 heteroatoms. The molecule has 12 heavy (non-hydrogen) atoms. The first-order valence-corrected chi connectivity index (χ1v) is 3.80. The SMILES string of the molecule is CC1CN(C)C(C(F)(F)F)CO1. The van der Waals surface area contributed by atoms with E-state index < -0.39 is 12.2 Å². The number of likely N-dealkylation sites (N-methyl/N-ethyl adjacent to an activating group) is 1. The van der Waals surface area contributed by atoms with E-state index in [0.29, 0.717) is 6.54 Å². The van der Waals surface area contributed by atoms with E-state index in [-0.39, 0.29) is 12.7 Å². The van der Waals surface area contributed by atoms with Crippen molar-refractivity contribution in [3.8, 4) is 0 Å². The van der Waals surface area contributed by atoms with Crippen LogP contribution in [0.4, 0.5) is 13.2 Å². The van der Waals surface area contributed by atoms with E-state index in [4.69, 9.17) is 4.74 Å². The van der Waals surface area contributed by atoms with Crippen molar-refractivity contribution in [3.05, 3.63) is 0 Å². The molecular weight excluding hydrogens is 171 g/mol. The summed E-state index contributed by atoms with van der Waals surface area (Å²) in [6.07, 6.45) is -4.27. The Bertz CT molecular complexity index is 159. The highest BCUT2D eigenvalue weighted by molar-refractivity contribution is 4.81. The van der Waals surface area contributed by atoms with Crippen LogP contribution < -0.4 is 0 Å². The number of halogens is 3. The maximum atomic E-state index is 12.2. The number of rotatable bonds is 0. The summed E-state index contributed by atoms with van der Waals surface area (Å²) < 4.78 is 41.5. The summed E-state index contributed by atoms with van der Waals surface area (Å²) in [6.45, 7) is 1.86. The van der Waals surface area contributed by atoms with Crippen LogP contribution in [-0.4, -0.2) is 43.4 Å². The summed E-state index contributed by atoms with van der Waals surface area (Å²) in [5.74, 6) is 0. The second-order valence-electron chi connectivity index (χ2n) is 3.14. The largest absolute Gasteiger partial charge is 0.406 e. The van der Waals surface area contributed by atoms with E-state index in [9.17, 15) is 13.2 Å². The first-order chi connectivity index (χ1) is 5.41. The molecule has 1 aliphatic rings. The van der Waals surface area contributed by atoms with Crippen molar-refractivity contribution in [1.82, 2.24) is 4.90 Å². The van der Waals surface area contributed by atoms with Gasteiger partial charge in [0.05, 0.1) is 12.7 Å². The van der Waals surface area contributed by atoms with Gasteiger partial charge in [-0.25, -0.2) is 0 Å².